The number of H-pyrrole nitrogens is 1. The first kappa shape index (κ1) is 9.21. The second kappa shape index (κ2) is 3.80. The van der Waals surface area contributed by atoms with E-state index in [1.165, 1.54) is 0 Å². The topological polar surface area (TPSA) is 25.0 Å². The van der Waals surface area contributed by atoms with Gasteiger partial charge in [0.15, 0.2) is 0 Å². The molecule has 0 aliphatic carbocycles. The predicted molar refractivity (Wildman–Crippen MR) is 60.0 cm³/mol. The molecule has 1 N–H and O–H groups in total. The van der Waals surface area contributed by atoms with E-state index in [1.54, 1.807) is 7.11 Å². The van der Waals surface area contributed by atoms with E-state index in [0.29, 0.717) is 0 Å². The zero-order chi connectivity index (χ0) is 9.97. The third kappa shape index (κ3) is 1.63. The van der Waals surface area contributed by atoms with Gasteiger partial charge < -0.3 is 9.72 Å². The molecule has 0 amide bonds. The fraction of sp³-hybridized carbons (Fsp3) is 0.0909. The summed E-state index contributed by atoms with van der Waals surface area (Å²) < 4.78 is 5.16. The fourth-order valence-corrected chi connectivity index (χ4v) is 1.65. The Morgan fingerprint density at radius 1 is 1.29 bits per heavy atom. The van der Waals surface area contributed by atoms with Crippen LogP contribution in [-0.2, 0) is 0 Å². The zero-order valence-electron chi connectivity index (χ0n) is 7.82. The Bertz CT molecular complexity index is 436. The Balaban J connectivity index is 2.47. The van der Waals surface area contributed by atoms with E-state index < -0.39 is 0 Å². The maximum atomic E-state index is 5.16. The van der Waals surface area contributed by atoms with Crippen LogP contribution in [0, 0.1) is 0 Å². The molecule has 2 nitrogen and oxygen atoms in total. The lowest BCUT2D eigenvalue weighted by atomic mass is 10.1. The minimum Gasteiger partial charge on any atom is -0.497 e. The van der Waals surface area contributed by atoms with Crippen molar-refractivity contribution in [3.63, 3.8) is 0 Å². The highest BCUT2D eigenvalue weighted by Crippen LogP contribution is 2.28. The van der Waals surface area contributed by atoms with Crippen LogP contribution in [-0.4, -0.2) is 12.1 Å². The molecule has 0 atom stereocenters. The normalized spacial score (nSPS) is 10.1. The Labute approximate surface area is 88.3 Å². The van der Waals surface area contributed by atoms with Crippen molar-refractivity contribution in [3.05, 3.63) is 36.7 Å². The van der Waals surface area contributed by atoms with Crippen LogP contribution in [0.5, 0.6) is 5.75 Å². The molecule has 0 radical (unpaired) electrons. The molecule has 1 aromatic heterocycles. The lowest BCUT2D eigenvalue weighted by Gasteiger charge is -2.03. The highest BCUT2D eigenvalue weighted by molar-refractivity contribution is 7.80. The number of hydrogen-bond donors (Lipinski definition) is 2. The lowest BCUT2D eigenvalue weighted by Crippen LogP contribution is -1.82. The van der Waals surface area contributed by atoms with E-state index in [9.17, 15) is 0 Å². The molecule has 0 aliphatic heterocycles. The van der Waals surface area contributed by atoms with Crippen molar-refractivity contribution in [3.8, 4) is 16.9 Å². The average molecular weight is 205 g/mol. The van der Waals surface area contributed by atoms with Gasteiger partial charge in [-0.25, -0.2) is 0 Å². The first-order chi connectivity index (χ1) is 6.81. The number of benzene rings is 1. The smallest absolute Gasteiger partial charge is 0.119 e. The quantitative estimate of drug-likeness (QED) is 0.724. The van der Waals surface area contributed by atoms with Crippen LogP contribution < -0.4 is 4.74 Å². The molecule has 1 heterocycles. The molecule has 0 saturated carbocycles. The van der Waals surface area contributed by atoms with Gasteiger partial charge in [-0.05, 0) is 17.7 Å². The summed E-state index contributed by atoms with van der Waals surface area (Å²) in [6.07, 6.45) is 3.79. The molecule has 0 saturated heterocycles. The fourth-order valence-electron chi connectivity index (χ4n) is 1.38. The van der Waals surface area contributed by atoms with Crippen LogP contribution in [0.4, 0.5) is 0 Å². The van der Waals surface area contributed by atoms with Gasteiger partial charge in [-0.2, -0.15) is 0 Å². The van der Waals surface area contributed by atoms with E-state index in [2.05, 4.69) is 17.6 Å². The van der Waals surface area contributed by atoms with E-state index in [-0.39, 0.29) is 0 Å². The summed E-state index contributed by atoms with van der Waals surface area (Å²) in [6.45, 7) is 0. The molecule has 2 rings (SSSR count). The monoisotopic (exact) mass is 205 g/mol. The van der Waals surface area contributed by atoms with Crippen molar-refractivity contribution < 1.29 is 4.74 Å². The molecule has 2 aromatic rings. The second-order valence-electron chi connectivity index (χ2n) is 2.99. The first-order valence-electron chi connectivity index (χ1n) is 4.31. The maximum Gasteiger partial charge on any atom is 0.119 e. The molecule has 0 spiro atoms. The summed E-state index contributed by atoms with van der Waals surface area (Å²) in [7, 11) is 1.66. The molecule has 0 aliphatic rings. The third-order valence-electron chi connectivity index (χ3n) is 2.10. The van der Waals surface area contributed by atoms with Crippen molar-refractivity contribution in [2.45, 2.75) is 4.90 Å². The van der Waals surface area contributed by atoms with Crippen LogP contribution in [0.15, 0.2) is 41.6 Å². The van der Waals surface area contributed by atoms with Gasteiger partial charge in [0.05, 0.1) is 7.11 Å². The molecule has 0 fully saturated rings. The number of nitrogens with one attached hydrogen (secondary N) is 1. The molecule has 1 aromatic carbocycles. The SMILES string of the molecule is COc1cccc(-c2c[nH]cc2S)c1. The number of thiol groups is 1. The summed E-state index contributed by atoms with van der Waals surface area (Å²) in [6, 6.07) is 7.91. The minimum absolute atomic E-state index is 0.858. The summed E-state index contributed by atoms with van der Waals surface area (Å²) in [4.78, 5) is 3.96. The van der Waals surface area contributed by atoms with Crippen LogP contribution >= 0.6 is 12.6 Å². The highest BCUT2D eigenvalue weighted by atomic mass is 32.1. The number of rotatable bonds is 2. The molecule has 14 heavy (non-hydrogen) atoms. The number of methoxy groups -OCH3 is 1. The summed E-state index contributed by atoms with van der Waals surface area (Å²) in [5.41, 5.74) is 2.20. The second-order valence-corrected chi connectivity index (χ2v) is 3.47. The van der Waals surface area contributed by atoms with Gasteiger partial charge in [0, 0.05) is 22.9 Å². The van der Waals surface area contributed by atoms with Crippen molar-refractivity contribution >= 4 is 12.6 Å². The molecule has 3 heteroatoms. The molecular weight excluding hydrogens is 194 g/mol. The van der Waals surface area contributed by atoms with Crippen molar-refractivity contribution in [2.24, 2.45) is 0 Å². The van der Waals surface area contributed by atoms with E-state index in [4.69, 9.17) is 4.74 Å². The zero-order valence-corrected chi connectivity index (χ0v) is 8.71. The van der Waals surface area contributed by atoms with Gasteiger partial charge in [0.2, 0.25) is 0 Å². The highest BCUT2D eigenvalue weighted by Gasteiger charge is 2.03. The summed E-state index contributed by atoms with van der Waals surface area (Å²) >= 11 is 4.35. The lowest BCUT2D eigenvalue weighted by molar-refractivity contribution is 0.415. The average Bonchev–Trinajstić information content (AvgIpc) is 2.65. The first-order valence-corrected chi connectivity index (χ1v) is 4.76. The van der Waals surface area contributed by atoms with Crippen LogP contribution in [0.3, 0.4) is 0 Å². The van der Waals surface area contributed by atoms with Crippen LogP contribution in [0.2, 0.25) is 0 Å². The van der Waals surface area contributed by atoms with E-state index in [1.807, 2.05) is 36.7 Å². The predicted octanol–water partition coefficient (Wildman–Crippen LogP) is 2.98. The number of ether oxygens (including phenoxy) is 1. The van der Waals surface area contributed by atoms with Gasteiger partial charge >= 0.3 is 0 Å². The van der Waals surface area contributed by atoms with E-state index in [0.717, 1.165) is 21.8 Å². The summed E-state index contributed by atoms with van der Waals surface area (Å²) in [5, 5.41) is 0. The van der Waals surface area contributed by atoms with Crippen LogP contribution in [0.25, 0.3) is 11.1 Å². The van der Waals surface area contributed by atoms with Gasteiger partial charge in [0.1, 0.15) is 5.75 Å². The molecule has 0 unspecified atom stereocenters. The number of aromatic amines is 1. The van der Waals surface area contributed by atoms with Gasteiger partial charge in [-0.15, -0.1) is 12.6 Å². The Morgan fingerprint density at radius 2 is 2.14 bits per heavy atom. The summed E-state index contributed by atoms with van der Waals surface area (Å²) in [5.74, 6) is 0.858. The molecular formula is C11H11NOS. The molecule has 0 bridgehead atoms. The largest absolute Gasteiger partial charge is 0.497 e. The Morgan fingerprint density at radius 3 is 2.79 bits per heavy atom. The minimum atomic E-state index is 0.858. The Hall–Kier alpha value is -1.35. The number of hydrogen-bond acceptors (Lipinski definition) is 2. The molecule has 72 valence electrons. The van der Waals surface area contributed by atoms with Gasteiger partial charge in [-0.3, -0.25) is 0 Å². The third-order valence-corrected chi connectivity index (χ3v) is 2.47. The maximum absolute atomic E-state index is 5.16. The van der Waals surface area contributed by atoms with Gasteiger partial charge in [0.25, 0.3) is 0 Å². The Kier molecular flexibility index (Phi) is 2.50. The van der Waals surface area contributed by atoms with E-state index >= 15 is 0 Å². The van der Waals surface area contributed by atoms with Crippen molar-refractivity contribution in [2.75, 3.05) is 7.11 Å². The standard InChI is InChI=1S/C11H11NOS/c1-13-9-4-2-3-8(5-9)10-6-12-7-11(10)14/h2-7,12,14H,1H3. The van der Waals surface area contributed by atoms with Crippen molar-refractivity contribution in [1.82, 2.24) is 4.98 Å². The van der Waals surface area contributed by atoms with Crippen molar-refractivity contribution in [1.29, 1.82) is 0 Å². The number of aromatic nitrogens is 1. The van der Waals surface area contributed by atoms with Crippen LogP contribution in [0.1, 0.15) is 0 Å². The van der Waals surface area contributed by atoms with Gasteiger partial charge in [-0.1, -0.05) is 12.1 Å².